The third-order valence-corrected chi connectivity index (χ3v) is 4.53. The number of carbonyl (C=O) groups is 2. The summed E-state index contributed by atoms with van der Waals surface area (Å²) in [5.74, 6) is 0.813. The zero-order chi connectivity index (χ0) is 19.1. The summed E-state index contributed by atoms with van der Waals surface area (Å²) in [5.41, 5.74) is 0.360. The number of thiophene rings is 1. The number of carbonyl (C=O) groups excluding carboxylic acids is 2. The number of esters is 1. The van der Waals surface area contributed by atoms with E-state index in [4.69, 9.17) is 13.6 Å². The second-order valence-corrected chi connectivity index (χ2v) is 6.65. The van der Waals surface area contributed by atoms with E-state index in [1.54, 1.807) is 43.0 Å². The molecule has 3 heterocycles. The Labute approximate surface area is 160 Å². The fourth-order valence-corrected chi connectivity index (χ4v) is 3.35. The van der Waals surface area contributed by atoms with E-state index in [1.807, 2.05) is 17.0 Å². The fraction of sp³-hybridized carbons (Fsp3) is 0.263. The molecule has 0 unspecified atom stereocenters. The second-order valence-electron chi connectivity index (χ2n) is 5.74. The number of furan rings is 2. The summed E-state index contributed by atoms with van der Waals surface area (Å²) in [6.45, 7) is 3.04. The maximum Gasteiger partial charge on any atom is 0.341 e. The first-order valence-electron chi connectivity index (χ1n) is 8.47. The normalized spacial score (nSPS) is 10.9. The number of hydrogen-bond donors (Lipinski definition) is 1. The topological polar surface area (TPSA) is 84.9 Å². The average molecular weight is 388 g/mol. The molecule has 0 saturated heterocycles. The van der Waals surface area contributed by atoms with Crippen LogP contribution in [0.4, 0.5) is 5.00 Å². The maximum atomic E-state index is 12.6. The zero-order valence-electron chi connectivity index (χ0n) is 14.8. The number of ether oxygens (including phenoxy) is 1. The average Bonchev–Trinajstić information content (AvgIpc) is 3.37. The van der Waals surface area contributed by atoms with Gasteiger partial charge in [0.2, 0.25) is 5.91 Å². The summed E-state index contributed by atoms with van der Waals surface area (Å²) in [5, 5.41) is 5.02. The predicted octanol–water partition coefficient (Wildman–Crippen LogP) is 3.75. The van der Waals surface area contributed by atoms with Crippen LogP contribution in [-0.4, -0.2) is 29.9 Å². The Hall–Kier alpha value is -2.84. The third-order valence-electron chi connectivity index (χ3n) is 3.70. The highest BCUT2D eigenvalue weighted by Crippen LogP contribution is 2.24. The highest BCUT2D eigenvalue weighted by Gasteiger charge is 2.19. The van der Waals surface area contributed by atoms with Gasteiger partial charge < -0.3 is 18.9 Å². The largest absolute Gasteiger partial charge is 0.468 e. The summed E-state index contributed by atoms with van der Waals surface area (Å²) >= 11 is 1.28. The summed E-state index contributed by atoms with van der Waals surface area (Å²) in [7, 11) is 0. The van der Waals surface area contributed by atoms with E-state index in [9.17, 15) is 9.59 Å². The number of hydrogen-bond acceptors (Lipinski definition) is 7. The minimum atomic E-state index is -0.447. The lowest BCUT2D eigenvalue weighted by Gasteiger charge is -2.19. The third kappa shape index (κ3) is 5.32. The van der Waals surface area contributed by atoms with Crippen LogP contribution in [0, 0.1) is 0 Å². The van der Waals surface area contributed by atoms with Gasteiger partial charge in [0.1, 0.15) is 16.5 Å². The Balaban J connectivity index is 1.65. The van der Waals surface area contributed by atoms with Gasteiger partial charge in [-0.15, -0.1) is 11.3 Å². The Kier molecular flexibility index (Phi) is 6.45. The quantitative estimate of drug-likeness (QED) is 0.562. The molecule has 0 aliphatic carbocycles. The van der Waals surface area contributed by atoms with Crippen molar-refractivity contribution in [3.05, 3.63) is 65.3 Å². The molecule has 3 aromatic heterocycles. The molecule has 0 bridgehead atoms. The highest BCUT2D eigenvalue weighted by molar-refractivity contribution is 7.14. The molecule has 1 N–H and O–H groups in total. The van der Waals surface area contributed by atoms with E-state index in [2.05, 4.69) is 5.32 Å². The van der Waals surface area contributed by atoms with Crippen LogP contribution in [0.25, 0.3) is 0 Å². The lowest BCUT2D eigenvalue weighted by molar-refractivity contribution is -0.117. The minimum Gasteiger partial charge on any atom is -0.468 e. The summed E-state index contributed by atoms with van der Waals surface area (Å²) in [4.78, 5) is 26.4. The Morgan fingerprint density at radius 2 is 1.78 bits per heavy atom. The molecule has 0 aliphatic rings. The van der Waals surface area contributed by atoms with E-state index in [1.165, 1.54) is 11.3 Å². The van der Waals surface area contributed by atoms with Gasteiger partial charge >= 0.3 is 5.97 Å². The summed E-state index contributed by atoms with van der Waals surface area (Å²) < 4.78 is 15.8. The molecule has 27 heavy (non-hydrogen) atoms. The molecule has 0 saturated carbocycles. The van der Waals surface area contributed by atoms with E-state index in [0.717, 1.165) is 11.5 Å². The number of amides is 1. The summed E-state index contributed by atoms with van der Waals surface area (Å²) in [6.07, 6.45) is 3.19. The maximum absolute atomic E-state index is 12.6. The fourth-order valence-electron chi connectivity index (χ4n) is 2.56. The molecule has 3 aromatic rings. The van der Waals surface area contributed by atoms with Crippen LogP contribution >= 0.6 is 11.3 Å². The molecular formula is C19H20N2O5S. The first-order chi connectivity index (χ1) is 13.2. The van der Waals surface area contributed by atoms with Crippen LogP contribution < -0.4 is 5.32 Å². The van der Waals surface area contributed by atoms with E-state index in [-0.39, 0.29) is 19.1 Å². The first-order valence-corrected chi connectivity index (χ1v) is 9.35. The Morgan fingerprint density at radius 1 is 1.11 bits per heavy atom. The van der Waals surface area contributed by atoms with Crippen LogP contribution in [0.5, 0.6) is 0 Å². The smallest absolute Gasteiger partial charge is 0.341 e. The van der Waals surface area contributed by atoms with E-state index < -0.39 is 5.97 Å². The molecule has 0 aromatic carbocycles. The number of rotatable bonds is 9. The van der Waals surface area contributed by atoms with Crippen LogP contribution in [0.1, 0.15) is 28.8 Å². The molecule has 1 amide bonds. The van der Waals surface area contributed by atoms with Crippen LogP contribution in [0.3, 0.4) is 0 Å². The van der Waals surface area contributed by atoms with Crippen molar-refractivity contribution in [2.45, 2.75) is 20.0 Å². The zero-order valence-corrected chi connectivity index (χ0v) is 15.7. The molecular weight excluding hydrogens is 368 g/mol. The minimum absolute atomic E-state index is 0.113. The molecule has 0 radical (unpaired) electrons. The van der Waals surface area contributed by atoms with Gasteiger partial charge in [-0.05, 0) is 42.6 Å². The van der Waals surface area contributed by atoms with Gasteiger partial charge in [0.15, 0.2) is 0 Å². The van der Waals surface area contributed by atoms with Crippen LogP contribution in [-0.2, 0) is 22.6 Å². The monoisotopic (exact) mass is 388 g/mol. The molecule has 0 aliphatic heterocycles. The van der Waals surface area contributed by atoms with E-state index >= 15 is 0 Å². The van der Waals surface area contributed by atoms with Gasteiger partial charge in [-0.1, -0.05) is 0 Å². The molecule has 0 fully saturated rings. The SMILES string of the molecule is CCOC(=O)c1ccsc1NC(=O)CN(Cc1ccco1)Cc1ccco1. The van der Waals surface area contributed by atoms with Crippen molar-refractivity contribution in [3.63, 3.8) is 0 Å². The van der Waals surface area contributed by atoms with Gasteiger partial charge in [0.05, 0.1) is 44.3 Å². The molecule has 0 atom stereocenters. The molecule has 0 spiro atoms. The van der Waals surface area contributed by atoms with Crippen molar-refractivity contribution < 1.29 is 23.2 Å². The summed E-state index contributed by atoms with van der Waals surface area (Å²) in [6, 6.07) is 8.95. The van der Waals surface area contributed by atoms with Crippen molar-refractivity contribution in [2.75, 3.05) is 18.5 Å². The lowest BCUT2D eigenvalue weighted by atomic mass is 10.3. The molecule has 8 heteroatoms. The van der Waals surface area contributed by atoms with Crippen molar-refractivity contribution >= 4 is 28.2 Å². The van der Waals surface area contributed by atoms with Crippen molar-refractivity contribution in [2.24, 2.45) is 0 Å². The molecule has 7 nitrogen and oxygen atoms in total. The number of nitrogens with zero attached hydrogens (tertiary/aromatic N) is 1. The molecule has 142 valence electrons. The van der Waals surface area contributed by atoms with Crippen molar-refractivity contribution in [3.8, 4) is 0 Å². The molecule has 3 rings (SSSR count). The van der Waals surface area contributed by atoms with Crippen LogP contribution in [0.15, 0.2) is 57.1 Å². The van der Waals surface area contributed by atoms with Crippen molar-refractivity contribution in [1.82, 2.24) is 4.90 Å². The Morgan fingerprint density at radius 3 is 2.33 bits per heavy atom. The standard InChI is InChI=1S/C19H20N2O5S/c1-2-24-19(23)16-7-10-27-18(16)20-17(22)13-21(11-14-5-3-8-25-14)12-15-6-4-9-26-15/h3-10H,2,11-13H2,1H3,(H,20,22). The van der Waals surface area contributed by atoms with Gasteiger partial charge in [-0.25, -0.2) is 4.79 Å². The van der Waals surface area contributed by atoms with Gasteiger partial charge in [0, 0.05) is 0 Å². The Bertz CT molecular complexity index is 818. The highest BCUT2D eigenvalue weighted by atomic mass is 32.1. The van der Waals surface area contributed by atoms with Crippen molar-refractivity contribution in [1.29, 1.82) is 0 Å². The first kappa shape index (κ1) is 18.9. The lowest BCUT2D eigenvalue weighted by Crippen LogP contribution is -2.32. The number of nitrogens with one attached hydrogen (secondary N) is 1. The second kappa shape index (κ2) is 9.20. The predicted molar refractivity (Wildman–Crippen MR) is 100 cm³/mol. The van der Waals surface area contributed by atoms with Crippen LogP contribution in [0.2, 0.25) is 0 Å². The van der Waals surface area contributed by atoms with E-state index in [0.29, 0.717) is 23.7 Å². The van der Waals surface area contributed by atoms with Gasteiger partial charge in [-0.2, -0.15) is 0 Å². The van der Waals surface area contributed by atoms with Gasteiger partial charge in [-0.3, -0.25) is 9.69 Å². The van der Waals surface area contributed by atoms with Gasteiger partial charge in [0.25, 0.3) is 0 Å². The number of anilines is 1.